The van der Waals surface area contributed by atoms with E-state index in [1.54, 1.807) is 54.6 Å². The second-order valence-electron chi connectivity index (χ2n) is 8.26. The quantitative estimate of drug-likeness (QED) is 0.607. The number of halogens is 1. The van der Waals surface area contributed by atoms with Gasteiger partial charge in [0.25, 0.3) is 15.9 Å². The van der Waals surface area contributed by atoms with Crippen molar-refractivity contribution in [2.45, 2.75) is 44.2 Å². The second-order valence-corrected chi connectivity index (χ2v) is 10.1. The highest BCUT2D eigenvalue weighted by molar-refractivity contribution is 7.92. The van der Waals surface area contributed by atoms with Gasteiger partial charge in [-0.15, -0.1) is 0 Å². The highest BCUT2D eigenvalue weighted by Gasteiger charge is 2.36. The molecule has 1 aliphatic rings. The van der Waals surface area contributed by atoms with Gasteiger partial charge in [0.2, 0.25) is 0 Å². The van der Waals surface area contributed by atoms with E-state index in [0.29, 0.717) is 17.7 Å². The molecule has 166 valence electrons. The molecule has 2 atom stereocenters. The average Bonchev–Trinajstić information content (AvgIpc) is 3.10. The third-order valence-corrected chi connectivity index (χ3v) is 7.73. The van der Waals surface area contributed by atoms with Crippen LogP contribution in [0.3, 0.4) is 0 Å². The molecule has 0 fully saturated rings. The lowest BCUT2D eigenvalue weighted by Crippen LogP contribution is -2.35. The van der Waals surface area contributed by atoms with E-state index >= 15 is 0 Å². The summed E-state index contributed by atoms with van der Waals surface area (Å²) in [6.45, 7) is 5.60. The summed E-state index contributed by atoms with van der Waals surface area (Å²) in [5.41, 5.74) is 3.66. The van der Waals surface area contributed by atoms with Crippen LogP contribution in [0.1, 0.15) is 46.9 Å². The summed E-state index contributed by atoms with van der Waals surface area (Å²) in [6, 6.07) is 17.3. The van der Waals surface area contributed by atoms with E-state index in [4.69, 9.17) is 0 Å². The lowest BCUT2D eigenvalue weighted by atomic mass is 10.0. The Bertz CT molecular complexity index is 1260. The zero-order valence-electron chi connectivity index (χ0n) is 18.2. The van der Waals surface area contributed by atoms with Gasteiger partial charge < -0.3 is 5.32 Å². The SMILES string of the molecule is Cc1ccc(S(=O)(=O)N2c3ccc(C(=O)N[C@H](C)c4ccc(F)cc4)cc3C[C@@H]2C)cc1. The first kappa shape index (κ1) is 22.0. The maximum absolute atomic E-state index is 13.3. The van der Waals surface area contributed by atoms with Crippen LogP contribution in [-0.2, 0) is 16.4 Å². The molecule has 1 aliphatic heterocycles. The summed E-state index contributed by atoms with van der Waals surface area (Å²) in [4.78, 5) is 13.0. The van der Waals surface area contributed by atoms with Gasteiger partial charge in [0.05, 0.1) is 16.6 Å². The van der Waals surface area contributed by atoms with Crippen LogP contribution in [0.25, 0.3) is 0 Å². The van der Waals surface area contributed by atoms with Crippen molar-refractivity contribution >= 4 is 21.6 Å². The fourth-order valence-corrected chi connectivity index (χ4v) is 5.74. The van der Waals surface area contributed by atoms with Crippen LogP contribution < -0.4 is 9.62 Å². The van der Waals surface area contributed by atoms with E-state index in [-0.39, 0.29) is 28.7 Å². The number of carbonyl (C=O) groups is 1. The molecule has 4 rings (SSSR count). The summed E-state index contributed by atoms with van der Waals surface area (Å²) in [6.07, 6.45) is 0.523. The lowest BCUT2D eigenvalue weighted by molar-refractivity contribution is 0.0940. The summed E-state index contributed by atoms with van der Waals surface area (Å²) in [5.74, 6) is -0.595. The van der Waals surface area contributed by atoms with Crippen LogP contribution in [0, 0.1) is 12.7 Å². The smallest absolute Gasteiger partial charge is 0.264 e. The van der Waals surface area contributed by atoms with Gasteiger partial charge in [-0.2, -0.15) is 0 Å². The summed E-state index contributed by atoms with van der Waals surface area (Å²) < 4.78 is 41.2. The van der Waals surface area contributed by atoms with E-state index in [0.717, 1.165) is 16.7 Å². The van der Waals surface area contributed by atoms with Gasteiger partial charge in [0.1, 0.15) is 5.82 Å². The largest absolute Gasteiger partial charge is 0.346 e. The third kappa shape index (κ3) is 4.12. The lowest BCUT2D eigenvalue weighted by Gasteiger charge is -2.24. The van der Waals surface area contributed by atoms with Crippen molar-refractivity contribution in [3.05, 3.63) is 94.8 Å². The molecule has 0 spiro atoms. The number of benzene rings is 3. The molecule has 0 bridgehead atoms. The Hall–Kier alpha value is -3.19. The Labute approximate surface area is 187 Å². The van der Waals surface area contributed by atoms with Crippen molar-refractivity contribution in [1.29, 1.82) is 0 Å². The van der Waals surface area contributed by atoms with Crippen molar-refractivity contribution in [2.75, 3.05) is 4.31 Å². The summed E-state index contributed by atoms with van der Waals surface area (Å²) in [5, 5.41) is 2.91. The number of hydrogen-bond acceptors (Lipinski definition) is 3. The molecular weight excluding hydrogens is 427 g/mol. The molecule has 0 aliphatic carbocycles. The van der Waals surface area contributed by atoms with Crippen LogP contribution in [0.4, 0.5) is 10.1 Å². The molecule has 0 aromatic heterocycles. The number of rotatable bonds is 5. The Morgan fingerprint density at radius 3 is 2.38 bits per heavy atom. The number of nitrogens with zero attached hydrogens (tertiary/aromatic N) is 1. The van der Waals surface area contributed by atoms with Crippen LogP contribution >= 0.6 is 0 Å². The van der Waals surface area contributed by atoms with Crippen LogP contribution in [-0.4, -0.2) is 20.4 Å². The molecule has 1 N–H and O–H groups in total. The zero-order valence-corrected chi connectivity index (χ0v) is 19.0. The molecule has 3 aromatic rings. The molecular formula is C25H25FN2O3S. The minimum atomic E-state index is -3.71. The minimum absolute atomic E-state index is 0.248. The molecule has 3 aromatic carbocycles. The monoisotopic (exact) mass is 452 g/mol. The van der Waals surface area contributed by atoms with E-state index in [2.05, 4.69) is 5.32 Å². The highest BCUT2D eigenvalue weighted by Crippen LogP contribution is 2.37. The number of carbonyl (C=O) groups excluding carboxylic acids is 1. The first-order valence-electron chi connectivity index (χ1n) is 10.5. The Morgan fingerprint density at radius 2 is 1.72 bits per heavy atom. The average molecular weight is 453 g/mol. The van der Waals surface area contributed by atoms with Crippen molar-refractivity contribution in [2.24, 2.45) is 0 Å². The fourth-order valence-electron chi connectivity index (χ4n) is 4.05. The highest BCUT2D eigenvalue weighted by atomic mass is 32.2. The van der Waals surface area contributed by atoms with Crippen LogP contribution in [0.2, 0.25) is 0 Å². The van der Waals surface area contributed by atoms with Crippen LogP contribution in [0.15, 0.2) is 71.6 Å². The number of fused-ring (bicyclic) bond motifs is 1. The third-order valence-electron chi connectivity index (χ3n) is 5.79. The number of aryl methyl sites for hydroxylation is 1. The van der Waals surface area contributed by atoms with Gasteiger partial charge in [-0.1, -0.05) is 29.8 Å². The maximum atomic E-state index is 13.3. The predicted octanol–water partition coefficient (Wildman–Crippen LogP) is 4.77. The van der Waals surface area contributed by atoms with Crippen molar-refractivity contribution in [1.82, 2.24) is 5.32 Å². The van der Waals surface area contributed by atoms with Gasteiger partial charge in [-0.05, 0) is 80.8 Å². The number of hydrogen-bond donors (Lipinski definition) is 1. The summed E-state index contributed by atoms with van der Waals surface area (Å²) >= 11 is 0. The molecule has 7 heteroatoms. The Kier molecular flexibility index (Phi) is 5.77. The Morgan fingerprint density at radius 1 is 1.06 bits per heavy atom. The van der Waals surface area contributed by atoms with Gasteiger partial charge in [0, 0.05) is 11.6 Å². The standard InChI is InChI=1S/C25H25FN2O3S/c1-16-4-11-23(12-5-16)32(30,31)28-17(2)14-21-15-20(8-13-24(21)28)25(29)27-18(3)19-6-9-22(26)10-7-19/h4-13,15,17-18H,14H2,1-3H3,(H,27,29)/t17-,18+/m0/s1. The maximum Gasteiger partial charge on any atom is 0.264 e. The second kappa shape index (κ2) is 8.39. The number of amides is 1. The molecule has 1 amide bonds. The van der Waals surface area contributed by atoms with E-state index in [9.17, 15) is 17.6 Å². The van der Waals surface area contributed by atoms with Gasteiger partial charge in [-0.3, -0.25) is 9.10 Å². The minimum Gasteiger partial charge on any atom is -0.346 e. The molecule has 0 saturated heterocycles. The van der Waals surface area contributed by atoms with Gasteiger partial charge in [0.15, 0.2) is 0 Å². The molecule has 5 nitrogen and oxygen atoms in total. The molecule has 32 heavy (non-hydrogen) atoms. The van der Waals surface area contributed by atoms with Crippen molar-refractivity contribution in [3.8, 4) is 0 Å². The first-order valence-corrected chi connectivity index (χ1v) is 11.9. The van der Waals surface area contributed by atoms with Crippen LogP contribution in [0.5, 0.6) is 0 Å². The normalized spacial score (nSPS) is 16.5. The van der Waals surface area contributed by atoms with E-state index < -0.39 is 10.0 Å². The number of anilines is 1. The van der Waals surface area contributed by atoms with E-state index in [1.165, 1.54) is 16.4 Å². The topological polar surface area (TPSA) is 66.5 Å². The van der Waals surface area contributed by atoms with Gasteiger partial charge in [-0.25, -0.2) is 12.8 Å². The Balaban J connectivity index is 1.57. The molecule has 0 unspecified atom stereocenters. The molecule has 0 saturated carbocycles. The van der Waals surface area contributed by atoms with Crippen molar-refractivity contribution < 1.29 is 17.6 Å². The first-order chi connectivity index (χ1) is 15.2. The summed E-state index contributed by atoms with van der Waals surface area (Å²) in [7, 11) is -3.71. The number of sulfonamides is 1. The zero-order chi connectivity index (χ0) is 23.0. The van der Waals surface area contributed by atoms with Crippen molar-refractivity contribution in [3.63, 3.8) is 0 Å². The van der Waals surface area contributed by atoms with Gasteiger partial charge >= 0.3 is 0 Å². The molecule has 1 heterocycles. The van der Waals surface area contributed by atoms with E-state index in [1.807, 2.05) is 20.8 Å². The predicted molar refractivity (Wildman–Crippen MR) is 123 cm³/mol. The fraction of sp³-hybridized carbons (Fsp3) is 0.240. The molecule has 0 radical (unpaired) electrons. The number of nitrogens with one attached hydrogen (secondary N) is 1.